The molecule has 0 radical (unpaired) electrons. The second-order valence-electron chi connectivity index (χ2n) is 3.04. The van der Waals surface area contributed by atoms with Crippen LogP contribution in [-0.2, 0) is 7.05 Å². The van der Waals surface area contributed by atoms with Crippen molar-refractivity contribution in [1.29, 1.82) is 0 Å². The van der Waals surface area contributed by atoms with E-state index in [4.69, 9.17) is 4.74 Å². The van der Waals surface area contributed by atoms with Gasteiger partial charge >= 0.3 is 0 Å². The van der Waals surface area contributed by atoms with E-state index in [0.717, 1.165) is 0 Å². The average Bonchev–Trinajstić information content (AvgIpc) is 2.28. The van der Waals surface area contributed by atoms with Crippen LogP contribution in [0.1, 0.15) is 10.5 Å². The lowest BCUT2D eigenvalue weighted by molar-refractivity contribution is 0.103. The van der Waals surface area contributed by atoms with E-state index in [9.17, 15) is 9.59 Å². The highest BCUT2D eigenvalue weighted by atomic mass is 16.5. The zero-order chi connectivity index (χ0) is 12.1. The number of allylic oxidation sites excluding steroid dienone is 1. The van der Waals surface area contributed by atoms with Gasteiger partial charge in [-0.1, -0.05) is 0 Å². The highest BCUT2D eigenvalue weighted by molar-refractivity contribution is 6.02. The molecule has 0 spiro atoms. The second-order valence-corrected chi connectivity index (χ2v) is 3.04. The molecule has 16 heavy (non-hydrogen) atoms. The summed E-state index contributed by atoms with van der Waals surface area (Å²) in [4.78, 5) is 23.3. The number of aromatic nitrogens is 2. The van der Waals surface area contributed by atoms with Gasteiger partial charge in [-0.25, -0.2) is 0 Å². The van der Waals surface area contributed by atoms with Gasteiger partial charge in [-0.2, -0.15) is 5.10 Å². The van der Waals surface area contributed by atoms with Gasteiger partial charge in [0.2, 0.25) is 5.78 Å². The molecule has 0 atom stereocenters. The van der Waals surface area contributed by atoms with Gasteiger partial charge < -0.3 is 10.1 Å². The molecule has 1 heterocycles. The van der Waals surface area contributed by atoms with E-state index in [1.807, 2.05) is 0 Å². The van der Waals surface area contributed by atoms with E-state index in [1.54, 1.807) is 14.1 Å². The normalized spacial score (nSPS) is 10.4. The van der Waals surface area contributed by atoms with Crippen molar-refractivity contribution in [2.45, 2.75) is 0 Å². The number of methoxy groups -OCH3 is 1. The summed E-state index contributed by atoms with van der Waals surface area (Å²) in [6.07, 6.45) is 4.09. The number of hydrogen-bond acceptors (Lipinski definition) is 5. The Kier molecular flexibility index (Phi) is 3.82. The van der Waals surface area contributed by atoms with Crippen LogP contribution in [0.5, 0.6) is 5.75 Å². The van der Waals surface area contributed by atoms with Crippen molar-refractivity contribution in [3.8, 4) is 5.75 Å². The van der Waals surface area contributed by atoms with E-state index in [-0.39, 0.29) is 11.4 Å². The van der Waals surface area contributed by atoms with Crippen molar-refractivity contribution >= 4 is 5.78 Å². The third-order valence-corrected chi connectivity index (χ3v) is 1.86. The van der Waals surface area contributed by atoms with Crippen LogP contribution in [0.15, 0.2) is 23.3 Å². The van der Waals surface area contributed by atoms with Crippen molar-refractivity contribution in [2.75, 3.05) is 14.2 Å². The minimum absolute atomic E-state index is 0.0960. The Labute approximate surface area is 92.5 Å². The lowest BCUT2D eigenvalue weighted by Crippen LogP contribution is -2.21. The molecule has 1 N–H and O–H groups in total. The van der Waals surface area contributed by atoms with Gasteiger partial charge in [0.15, 0.2) is 11.4 Å². The van der Waals surface area contributed by atoms with E-state index >= 15 is 0 Å². The minimum atomic E-state index is -0.508. The van der Waals surface area contributed by atoms with Crippen LogP contribution in [0.3, 0.4) is 0 Å². The van der Waals surface area contributed by atoms with Gasteiger partial charge in [-0.15, -0.1) is 0 Å². The quantitative estimate of drug-likeness (QED) is 0.560. The predicted octanol–water partition coefficient (Wildman–Crippen LogP) is -0.295. The molecule has 0 saturated carbocycles. The van der Waals surface area contributed by atoms with E-state index in [1.165, 1.54) is 30.3 Å². The van der Waals surface area contributed by atoms with Gasteiger partial charge in [0.25, 0.3) is 5.43 Å². The van der Waals surface area contributed by atoms with Crippen molar-refractivity contribution in [2.24, 2.45) is 7.05 Å². The number of carbonyl (C=O) groups is 1. The molecule has 0 bridgehead atoms. The summed E-state index contributed by atoms with van der Waals surface area (Å²) >= 11 is 0. The van der Waals surface area contributed by atoms with Crippen molar-refractivity contribution < 1.29 is 9.53 Å². The smallest absolute Gasteiger partial charge is 0.253 e. The first-order valence-electron chi connectivity index (χ1n) is 4.60. The van der Waals surface area contributed by atoms with Crippen LogP contribution < -0.4 is 15.5 Å². The molecule has 6 heteroatoms. The van der Waals surface area contributed by atoms with Crippen LogP contribution in [-0.4, -0.2) is 29.7 Å². The summed E-state index contributed by atoms with van der Waals surface area (Å²) < 4.78 is 6.22. The lowest BCUT2D eigenvalue weighted by Gasteiger charge is -2.03. The topological polar surface area (TPSA) is 73.2 Å². The molecule has 1 aromatic heterocycles. The highest BCUT2D eigenvalue weighted by Crippen LogP contribution is 2.02. The molecule has 0 amide bonds. The third-order valence-electron chi connectivity index (χ3n) is 1.86. The van der Waals surface area contributed by atoms with Gasteiger partial charge in [-0.05, 0) is 0 Å². The number of rotatable bonds is 4. The molecule has 0 aliphatic carbocycles. The fourth-order valence-electron chi connectivity index (χ4n) is 1.12. The third kappa shape index (κ3) is 2.47. The Bertz CT molecular complexity index is 477. The Morgan fingerprint density at radius 3 is 2.88 bits per heavy atom. The summed E-state index contributed by atoms with van der Waals surface area (Å²) in [5.74, 6) is -0.368. The molecule has 0 aliphatic heterocycles. The summed E-state index contributed by atoms with van der Waals surface area (Å²) in [5, 5.41) is 6.49. The molecular formula is C10H13N3O3. The number of aryl methyl sites for hydroxylation is 1. The number of carbonyl (C=O) groups excluding carboxylic acids is 1. The highest BCUT2D eigenvalue weighted by Gasteiger charge is 2.14. The van der Waals surface area contributed by atoms with Gasteiger partial charge in [0.1, 0.15) is 0 Å². The number of ketones is 1. The second kappa shape index (κ2) is 5.11. The fraction of sp³-hybridized carbons (Fsp3) is 0.300. The van der Waals surface area contributed by atoms with E-state index in [2.05, 4.69) is 10.4 Å². The van der Waals surface area contributed by atoms with Gasteiger partial charge in [-0.3, -0.25) is 14.3 Å². The summed E-state index contributed by atoms with van der Waals surface area (Å²) in [6.45, 7) is 0. The average molecular weight is 223 g/mol. The molecular weight excluding hydrogens is 210 g/mol. The molecule has 0 aliphatic rings. The number of hydrogen-bond donors (Lipinski definition) is 1. The molecule has 1 aromatic rings. The molecule has 0 fully saturated rings. The maximum atomic E-state index is 11.7. The van der Waals surface area contributed by atoms with Gasteiger partial charge in [0, 0.05) is 26.4 Å². The standard InChI is InChI=1S/C10H13N3O3/c1-11-5-4-7(14)9-10(15)8(16-3)6-13(2)12-9/h4-6,11H,1-3H3/b5-4+. The van der Waals surface area contributed by atoms with Crippen LogP contribution in [0.4, 0.5) is 0 Å². The summed E-state index contributed by atoms with van der Waals surface area (Å²) in [5.41, 5.74) is -0.667. The largest absolute Gasteiger partial charge is 0.491 e. The first-order chi connectivity index (χ1) is 7.60. The van der Waals surface area contributed by atoms with Crippen molar-refractivity contribution in [1.82, 2.24) is 15.1 Å². The zero-order valence-corrected chi connectivity index (χ0v) is 9.35. The maximum absolute atomic E-state index is 11.7. The zero-order valence-electron chi connectivity index (χ0n) is 9.35. The van der Waals surface area contributed by atoms with Crippen molar-refractivity contribution in [3.63, 3.8) is 0 Å². The molecule has 1 rings (SSSR count). The van der Waals surface area contributed by atoms with Crippen LogP contribution in [0.2, 0.25) is 0 Å². The Morgan fingerprint density at radius 2 is 2.31 bits per heavy atom. The minimum Gasteiger partial charge on any atom is -0.491 e. The van der Waals surface area contributed by atoms with Gasteiger partial charge in [0.05, 0.1) is 13.3 Å². The lowest BCUT2D eigenvalue weighted by atomic mass is 10.2. The summed E-state index contributed by atoms with van der Waals surface area (Å²) in [6, 6.07) is 0. The van der Waals surface area contributed by atoms with Crippen molar-refractivity contribution in [3.05, 3.63) is 34.4 Å². The SMILES string of the molecule is CN/C=C/C(=O)c1nn(C)cc(OC)c1=O. The number of nitrogens with zero attached hydrogens (tertiary/aromatic N) is 2. The Balaban J connectivity index is 3.23. The van der Waals surface area contributed by atoms with Crippen LogP contribution in [0, 0.1) is 0 Å². The predicted molar refractivity (Wildman–Crippen MR) is 58.6 cm³/mol. The van der Waals surface area contributed by atoms with E-state index < -0.39 is 11.2 Å². The maximum Gasteiger partial charge on any atom is 0.253 e. The monoisotopic (exact) mass is 223 g/mol. The number of nitrogens with one attached hydrogen (secondary N) is 1. The molecule has 0 unspecified atom stereocenters. The first-order valence-corrected chi connectivity index (χ1v) is 4.60. The molecule has 0 aromatic carbocycles. The fourth-order valence-corrected chi connectivity index (χ4v) is 1.12. The Hall–Kier alpha value is -2.11. The first kappa shape index (κ1) is 12.0. The molecule has 86 valence electrons. The Morgan fingerprint density at radius 1 is 1.62 bits per heavy atom. The summed E-state index contributed by atoms with van der Waals surface area (Å²) in [7, 11) is 4.63. The number of ether oxygens (including phenoxy) is 1. The van der Waals surface area contributed by atoms with Crippen LogP contribution in [0.25, 0.3) is 0 Å². The molecule has 0 saturated heterocycles. The van der Waals surface area contributed by atoms with Crippen LogP contribution >= 0.6 is 0 Å². The van der Waals surface area contributed by atoms with E-state index in [0.29, 0.717) is 0 Å². The molecule has 6 nitrogen and oxygen atoms in total.